The number of methoxy groups -OCH3 is 1. The van der Waals surface area contributed by atoms with E-state index in [4.69, 9.17) is 10.5 Å². The molecule has 1 rings (SSSR count). The van der Waals surface area contributed by atoms with Crippen LogP contribution >= 0.6 is 0 Å². The van der Waals surface area contributed by atoms with E-state index in [-0.39, 0.29) is 18.8 Å². The molecule has 0 saturated carbocycles. The molecule has 0 saturated heterocycles. The Kier molecular flexibility index (Phi) is 4.99. The number of alkyl halides is 3. The van der Waals surface area contributed by atoms with E-state index in [0.717, 1.165) is 6.07 Å². The number of rotatable bonds is 5. The fraction of sp³-hybridized carbons (Fsp3) is 0.462. The van der Waals surface area contributed by atoms with Gasteiger partial charge in [-0.2, -0.15) is 13.2 Å². The highest BCUT2D eigenvalue weighted by Gasteiger charge is 2.34. The maximum Gasteiger partial charge on any atom is 0.419 e. The molecule has 1 atom stereocenters. The van der Waals surface area contributed by atoms with Gasteiger partial charge in [-0.25, -0.2) is 0 Å². The number of ether oxygens (including phenoxy) is 2. The molecule has 0 aromatic heterocycles. The molecule has 7 heteroatoms. The summed E-state index contributed by atoms with van der Waals surface area (Å²) in [6.07, 6.45) is -4.46. The number of para-hydroxylation sites is 1. The number of esters is 1. The molecule has 2 N–H and O–H groups in total. The van der Waals surface area contributed by atoms with Crippen molar-refractivity contribution in [3.63, 3.8) is 0 Å². The van der Waals surface area contributed by atoms with Gasteiger partial charge in [-0.15, -0.1) is 0 Å². The number of benzene rings is 1. The van der Waals surface area contributed by atoms with Crippen LogP contribution in [0.3, 0.4) is 0 Å². The lowest BCUT2D eigenvalue weighted by atomic mass is 10.0. The minimum absolute atomic E-state index is 0.0336. The highest BCUT2D eigenvalue weighted by molar-refractivity contribution is 5.79. The van der Waals surface area contributed by atoms with Crippen molar-refractivity contribution >= 4 is 5.97 Å². The van der Waals surface area contributed by atoms with E-state index in [1.807, 2.05) is 0 Å². The Hall–Kier alpha value is -1.76. The molecule has 1 aromatic rings. The highest BCUT2D eigenvalue weighted by Crippen LogP contribution is 2.35. The van der Waals surface area contributed by atoms with Crippen molar-refractivity contribution in [1.29, 1.82) is 0 Å². The first-order chi connectivity index (χ1) is 9.18. The fourth-order valence-electron chi connectivity index (χ4n) is 1.53. The summed E-state index contributed by atoms with van der Waals surface area (Å²) in [4.78, 5) is 11.3. The quantitative estimate of drug-likeness (QED) is 0.846. The second kappa shape index (κ2) is 6.13. The summed E-state index contributed by atoms with van der Waals surface area (Å²) in [6.45, 7) is 1.30. The van der Waals surface area contributed by atoms with E-state index in [1.54, 1.807) is 0 Å². The second-order valence-corrected chi connectivity index (χ2v) is 4.50. The van der Waals surface area contributed by atoms with Gasteiger partial charge in [-0.05, 0) is 19.1 Å². The van der Waals surface area contributed by atoms with E-state index in [9.17, 15) is 18.0 Å². The molecule has 4 nitrogen and oxygen atoms in total. The average molecular weight is 291 g/mol. The smallest absolute Gasteiger partial charge is 0.419 e. The first-order valence-corrected chi connectivity index (χ1v) is 5.85. The molecule has 1 unspecified atom stereocenters. The van der Waals surface area contributed by atoms with Gasteiger partial charge in [0.05, 0.1) is 19.3 Å². The molecule has 0 aliphatic rings. The fourth-order valence-corrected chi connectivity index (χ4v) is 1.53. The third-order valence-corrected chi connectivity index (χ3v) is 2.72. The Bertz CT molecular complexity index is 472. The number of nitrogens with two attached hydrogens (primary N) is 1. The number of halogens is 3. The zero-order valence-electron chi connectivity index (χ0n) is 11.2. The SMILES string of the molecule is COC(=O)C(C)(N)CCOc1ccccc1C(F)(F)F. The van der Waals surface area contributed by atoms with Crippen molar-refractivity contribution in [3.05, 3.63) is 29.8 Å². The van der Waals surface area contributed by atoms with Crippen LogP contribution in [-0.4, -0.2) is 25.2 Å². The van der Waals surface area contributed by atoms with E-state index in [1.165, 1.54) is 32.2 Å². The maximum absolute atomic E-state index is 12.7. The highest BCUT2D eigenvalue weighted by atomic mass is 19.4. The van der Waals surface area contributed by atoms with Gasteiger partial charge in [0, 0.05) is 6.42 Å². The summed E-state index contributed by atoms with van der Waals surface area (Å²) < 4.78 is 47.7. The molecule has 0 fully saturated rings. The van der Waals surface area contributed by atoms with Crippen LogP contribution in [0, 0.1) is 0 Å². The van der Waals surface area contributed by atoms with Crippen molar-refractivity contribution in [1.82, 2.24) is 0 Å². The molecular weight excluding hydrogens is 275 g/mol. The number of hydrogen-bond donors (Lipinski definition) is 1. The van der Waals surface area contributed by atoms with Crippen molar-refractivity contribution < 1.29 is 27.4 Å². The minimum atomic E-state index is -4.50. The molecule has 0 spiro atoms. The van der Waals surface area contributed by atoms with E-state index < -0.39 is 23.2 Å². The minimum Gasteiger partial charge on any atom is -0.493 e. The standard InChI is InChI=1S/C13H16F3NO3/c1-12(17,11(18)19-2)7-8-20-10-6-4-3-5-9(10)13(14,15)16/h3-6H,7-8,17H2,1-2H3. The largest absolute Gasteiger partial charge is 0.493 e. The molecule has 20 heavy (non-hydrogen) atoms. The molecule has 0 amide bonds. The summed E-state index contributed by atoms with van der Waals surface area (Å²) in [5.74, 6) is -0.939. The molecule has 112 valence electrons. The van der Waals surface area contributed by atoms with Crippen molar-refractivity contribution in [3.8, 4) is 5.75 Å². The van der Waals surface area contributed by atoms with Gasteiger partial charge in [0.15, 0.2) is 0 Å². The lowest BCUT2D eigenvalue weighted by molar-refractivity contribution is -0.147. The topological polar surface area (TPSA) is 61.5 Å². The van der Waals surface area contributed by atoms with Crippen LogP contribution in [-0.2, 0) is 15.7 Å². The zero-order valence-corrected chi connectivity index (χ0v) is 11.2. The number of hydrogen-bond acceptors (Lipinski definition) is 4. The van der Waals surface area contributed by atoms with Crippen LogP contribution in [0.5, 0.6) is 5.75 Å². The van der Waals surface area contributed by atoms with Gasteiger partial charge >= 0.3 is 12.1 Å². The van der Waals surface area contributed by atoms with Crippen LogP contribution < -0.4 is 10.5 Å². The van der Waals surface area contributed by atoms with Gasteiger partial charge in [0.1, 0.15) is 11.3 Å². The first kappa shape index (κ1) is 16.3. The predicted molar refractivity (Wildman–Crippen MR) is 66.2 cm³/mol. The first-order valence-electron chi connectivity index (χ1n) is 5.85. The van der Waals surface area contributed by atoms with Gasteiger partial charge in [0.25, 0.3) is 0 Å². The van der Waals surface area contributed by atoms with E-state index >= 15 is 0 Å². The number of carbonyl (C=O) groups excluding carboxylic acids is 1. The maximum atomic E-state index is 12.7. The second-order valence-electron chi connectivity index (χ2n) is 4.50. The molecule has 1 aromatic carbocycles. The van der Waals surface area contributed by atoms with Crippen LogP contribution in [0.2, 0.25) is 0 Å². The summed E-state index contributed by atoms with van der Waals surface area (Å²) in [6, 6.07) is 4.86. The third kappa shape index (κ3) is 4.12. The average Bonchev–Trinajstić information content (AvgIpc) is 2.37. The van der Waals surface area contributed by atoms with Crippen LogP contribution in [0.1, 0.15) is 18.9 Å². The normalized spacial score (nSPS) is 14.5. The van der Waals surface area contributed by atoms with E-state index in [0.29, 0.717) is 0 Å². The van der Waals surface area contributed by atoms with Gasteiger partial charge in [-0.1, -0.05) is 12.1 Å². The molecule has 0 aliphatic heterocycles. The van der Waals surface area contributed by atoms with Crippen molar-refractivity contribution in [2.75, 3.05) is 13.7 Å². The Labute approximate surface area is 114 Å². The van der Waals surface area contributed by atoms with Crippen molar-refractivity contribution in [2.45, 2.75) is 25.1 Å². The molecule has 0 aliphatic carbocycles. The molecule has 0 heterocycles. The molecule has 0 bridgehead atoms. The Balaban J connectivity index is 2.70. The van der Waals surface area contributed by atoms with Crippen LogP contribution in [0.4, 0.5) is 13.2 Å². The molecular formula is C13H16F3NO3. The van der Waals surface area contributed by atoms with Crippen LogP contribution in [0.25, 0.3) is 0 Å². The zero-order chi connectivity index (χ0) is 15.4. The monoisotopic (exact) mass is 291 g/mol. The lowest BCUT2D eigenvalue weighted by Crippen LogP contribution is -2.46. The van der Waals surface area contributed by atoms with Gasteiger partial charge in [0.2, 0.25) is 0 Å². The van der Waals surface area contributed by atoms with Crippen LogP contribution in [0.15, 0.2) is 24.3 Å². The predicted octanol–water partition coefficient (Wildman–Crippen LogP) is 2.36. The Morgan fingerprint density at radius 2 is 1.90 bits per heavy atom. The Morgan fingerprint density at radius 3 is 2.45 bits per heavy atom. The summed E-state index contributed by atoms with van der Waals surface area (Å²) in [5, 5.41) is 0. The number of carbonyl (C=O) groups is 1. The van der Waals surface area contributed by atoms with Crippen molar-refractivity contribution in [2.24, 2.45) is 5.73 Å². The summed E-state index contributed by atoms with van der Waals surface area (Å²) in [7, 11) is 1.19. The van der Waals surface area contributed by atoms with Gasteiger partial charge in [-0.3, -0.25) is 4.79 Å². The summed E-state index contributed by atoms with van der Waals surface area (Å²) in [5.41, 5.74) is 3.51. The Morgan fingerprint density at radius 1 is 1.30 bits per heavy atom. The molecule has 0 radical (unpaired) electrons. The van der Waals surface area contributed by atoms with Gasteiger partial charge < -0.3 is 15.2 Å². The third-order valence-electron chi connectivity index (χ3n) is 2.72. The lowest BCUT2D eigenvalue weighted by Gasteiger charge is -2.22. The van der Waals surface area contributed by atoms with E-state index in [2.05, 4.69) is 4.74 Å². The summed E-state index contributed by atoms with van der Waals surface area (Å²) >= 11 is 0.